The molecule has 26 aromatic rings. The van der Waals surface area contributed by atoms with Gasteiger partial charge >= 0.3 is 0 Å². The molecule has 0 aliphatic rings. The smallest absolute Gasteiger partial charge is 0.161 e. The van der Waals surface area contributed by atoms with Crippen LogP contribution in [0.1, 0.15) is 0 Å². The topological polar surface area (TPSA) is 61.4 Å². The van der Waals surface area contributed by atoms with Crippen LogP contribution < -0.4 is 0 Å². The summed E-state index contributed by atoms with van der Waals surface area (Å²) in [5, 5.41) is 29.4. The molecule has 0 N–H and O–H groups in total. The minimum Gasteiger partial charge on any atom is -0.309 e. The quantitative estimate of drug-likeness (QED) is 0.128. The van der Waals surface area contributed by atoms with Gasteiger partial charge in [-0.1, -0.05) is 388 Å². The third kappa shape index (κ3) is 11.7. The number of aromatic nitrogens is 6. The summed E-state index contributed by atoms with van der Waals surface area (Å²) >= 11 is 0. The van der Waals surface area contributed by atoms with Crippen molar-refractivity contribution in [1.82, 2.24) is 29.1 Å². The van der Waals surface area contributed by atoms with Gasteiger partial charge in [-0.15, -0.1) is 0 Å². The van der Waals surface area contributed by atoms with E-state index in [2.05, 4.69) is 458 Å². The van der Waals surface area contributed by atoms with Crippen LogP contribution in [0, 0.1) is 0 Å². The molecule has 0 unspecified atom stereocenters. The zero-order valence-electron chi connectivity index (χ0n) is 68.4. The average Bonchev–Trinajstić information content (AvgIpc) is 1.51. The predicted octanol–water partition coefficient (Wildman–Crippen LogP) is 32.0. The molecule has 0 aliphatic heterocycles. The maximum Gasteiger partial charge on any atom is 0.161 e. The highest BCUT2D eigenvalue weighted by atomic mass is 15.0. The number of fused-ring (bicyclic) bond motifs is 24. The Morgan fingerprint density at radius 3 is 0.849 bits per heavy atom. The molecule has 584 valence electrons. The minimum absolute atomic E-state index is 0.696. The molecule has 0 saturated carbocycles. The van der Waals surface area contributed by atoms with Gasteiger partial charge in [-0.2, -0.15) is 0 Å². The molecular weight excluding hydrogens is 1530 g/mol. The van der Waals surface area contributed by atoms with Crippen LogP contribution in [0.4, 0.5) is 0 Å². The second-order valence-electron chi connectivity index (χ2n) is 32.9. The number of para-hydroxylation sites is 4. The summed E-state index contributed by atoms with van der Waals surface area (Å²) in [6.07, 6.45) is 0. The van der Waals surface area contributed by atoms with E-state index in [1.54, 1.807) is 0 Å². The molecule has 6 nitrogen and oxygen atoms in total. The summed E-state index contributed by atoms with van der Waals surface area (Å²) in [6, 6.07) is 162. The van der Waals surface area contributed by atoms with Crippen molar-refractivity contribution in [2.75, 3.05) is 0 Å². The van der Waals surface area contributed by atoms with Crippen LogP contribution in [0.15, 0.2) is 449 Å². The lowest BCUT2D eigenvalue weighted by Gasteiger charge is -2.16. The van der Waals surface area contributed by atoms with Crippen molar-refractivity contribution in [3.8, 4) is 101 Å². The van der Waals surface area contributed by atoms with Gasteiger partial charge in [0.25, 0.3) is 0 Å². The second kappa shape index (κ2) is 29.5. The van der Waals surface area contributed by atoms with E-state index in [9.17, 15) is 0 Å². The Kier molecular flexibility index (Phi) is 16.9. The summed E-state index contributed by atoms with van der Waals surface area (Å²) in [4.78, 5) is 21.3. The Labute approximate surface area is 725 Å². The molecule has 0 saturated heterocycles. The molecule has 4 heterocycles. The van der Waals surface area contributed by atoms with E-state index in [4.69, 9.17) is 19.9 Å². The third-order valence-corrected chi connectivity index (χ3v) is 25.9. The highest BCUT2D eigenvalue weighted by Gasteiger charge is 2.26. The van der Waals surface area contributed by atoms with Crippen LogP contribution in [-0.2, 0) is 0 Å². The van der Waals surface area contributed by atoms with Gasteiger partial charge < -0.3 is 9.13 Å². The normalized spacial score (nSPS) is 11.8. The monoisotopic (exact) mass is 1600 g/mol. The highest BCUT2D eigenvalue weighted by Crippen LogP contribution is 2.51. The molecule has 0 fully saturated rings. The van der Waals surface area contributed by atoms with Crippen molar-refractivity contribution < 1.29 is 0 Å². The Balaban J connectivity index is 0.000000137. The van der Waals surface area contributed by atoms with Crippen molar-refractivity contribution in [2.24, 2.45) is 0 Å². The molecule has 0 spiro atoms. The van der Waals surface area contributed by atoms with Crippen LogP contribution in [0.25, 0.3) is 253 Å². The van der Waals surface area contributed by atoms with Gasteiger partial charge in [-0.25, -0.2) is 19.9 Å². The van der Waals surface area contributed by atoms with E-state index in [0.717, 1.165) is 89.4 Å². The second-order valence-corrected chi connectivity index (χ2v) is 32.9. The van der Waals surface area contributed by atoms with Crippen LogP contribution in [0.3, 0.4) is 0 Å². The lowest BCUT2D eigenvalue weighted by molar-refractivity contribution is 1.19. The molecule has 0 bridgehead atoms. The fraction of sp³-hybridized carbons (Fsp3) is 0. The molecule has 126 heavy (non-hydrogen) atoms. The maximum atomic E-state index is 5.32. The molecule has 0 amide bonds. The molecule has 0 aliphatic carbocycles. The fourth-order valence-corrected chi connectivity index (χ4v) is 20.3. The standard InChI is InChI=1S/2C60H37N3/c1-2-20-42(21-3-1)63-56-31-13-12-28-51(56)58-57-49-26-10-8-24-45(49)52(36-53(57)46-25-9-11-27-50(46)59(58)63)40-32-34-41(35-33-40)60-61-54(47-29-14-18-38-16-4-6-22-43(38)47)37-55(62-60)48-30-15-19-39-17-5-7-23-44(39)48;1-2-20-42(21-3-1)63-56-31-13-12-28-51(56)58-57-48-26-10-8-24-45(48)52(36-53(57)46-25-9-11-27-49(46)59(58)63)40-32-34-41(35-33-40)54-37-55(47-29-14-18-38-16-4-6-22-43(38)47)62-60(61-54)50-30-15-19-39-17-5-7-23-44(39)50/h2*1-37H. The number of hydrogen-bond acceptors (Lipinski definition) is 4. The highest BCUT2D eigenvalue weighted by molar-refractivity contribution is 6.40. The molecular formula is C120H74N6. The predicted molar refractivity (Wildman–Crippen MR) is 531 cm³/mol. The maximum absolute atomic E-state index is 5.32. The Morgan fingerprint density at radius 1 is 0.151 bits per heavy atom. The van der Waals surface area contributed by atoms with Crippen molar-refractivity contribution in [2.45, 2.75) is 0 Å². The lowest BCUT2D eigenvalue weighted by atomic mass is 9.88. The molecule has 6 heteroatoms. The zero-order valence-corrected chi connectivity index (χ0v) is 68.4. The van der Waals surface area contributed by atoms with Crippen LogP contribution in [0.5, 0.6) is 0 Å². The summed E-state index contributed by atoms with van der Waals surface area (Å²) in [5.74, 6) is 1.41. The fourth-order valence-electron chi connectivity index (χ4n) is 20.3. The van der Waals surface area contributed by atoms with Crippen molar-refractivity contribution >= 4 is 151 Å². The summed E-state index contributed by atoms with van der Waals surface area (Å²) < 4.78 is 4.91. The van der Waals surface area contributed by atoms with E-state index in [1.165, 1.54) is 152 Å². The zero-order chi connectivity index (χ0) is 82.9. The Morgan fingerprint density at radius 2 is 0.437 bits per heavy atom. The van der Waals surface area contributed by atoms with Gasteiger partial charge in [0.1, 0.15) is 0 Å². The molecule has 4 aromatic heterocycles. The lowest BCUT2D eigenvalue weighted by Crippen LogP contribution is -1.97. The van der Waals surface area contributed by atoms with Crippen LogP contribution >= 0.6 is 0 Å². The number of benzene rings is 22. The molecule has 0 atom stereocenters. The van der Waals surface area contributed by atoms with Crippen LogP contribution in [-0.4, -0.2) is 29.1 Å². The molecule has 0 radical (unpaired) electrons. The SMILES string of the molecule is c1ccc(-n2c3ccccc3c3c4c5ccccc5c(-c5ccc(-c6cc(-c7cccc8ccccc78)nc(-c7cccc8ccccc78)n6)cc5)cc4c4ccccc4c32)cc1.c1ccc(-n2c3ccccc3c3c4c5ccccc5c(-c5ccc(-c6nc(-c7cccc8ccccc78)cc(-c7cccc8ccccc78)n6)cc5)cc4c4ccccc4c32)cc1. The van der Waals surface area contributed by atoms with Gasteiger partial charge in [0.15, 0.2) is 11.6 Å². The first-order chi connectivity index (χ1) is 62.5. The van der Waals surface area contributed by atoms with E-state index < -0.39 is 0 Å². The largest absolute Gasteiger partial charge is 0.309 e. The van der Waals surface area contributed by atoms with Crippen molar-refractivity contribution in [3.05, 3.63) is 449 Å². The first-order valence-electron chi connectivity index (χ1n) is 43.2. The van der Waals surface area contributed by atoms with Gasteiger partial charge in [0.2, 0.25) is 0 Å². The summed E-state index contributed by atoms with van der Waals surface area (Å²) in [7, 11) is 0. The molecule has 26 rings (SSSR count). The van der Waals surface area contributed by atoms with E-state index in [-0.39, 0.29) is 0 Å². The van der Waals surface area contributed by atoms with Crippen molar-refractivity contribution in [1.29, 1.82) is 0 Å². The Bertz CT molecular complexity index is 8220. The summed E-state index contributed by atoms with van der Waals surface area (Å²) in [5.41, 5.74) is 21.8. The van der Waals surface area contributed by atoms with Gasteiger partial charge in [0, 0.05) is 87.8 Å². The van der Waals surface area contributed by atoms with E-state index in [0.29, 0.717) is 11.6 Å². The number of rotatable bonds is 10. The van der Waals surface area contributed by atoms with E-state index in [1.807, 2.05) is 0 Å². The number of hydrogen-bond donors (Lipinski definition) is 0. The average molecular weight is 1600 g/mol. The molecule has 22 aromatic carbocycles. The minimum atomic E-state index is 0.696. The first kappa shape index (κ1) is 72.1. The summed E-state index contributed by atoms with van der Waals surface area (Å²) in [6.45, 7) is 0. The van der Waals surface area contributed by atoms with Gasteiger partial charge in [0.05, 0.1) is 44.8 Å². The van der Waals surface area contributed by atoms with Gasteiger partial charge in [-0.05, 0) is 169 Å². The van der Waals surface area contributed by atoms with E-state index >= 15 is 0 Å². The van der Waals surface area contributed by atoms with Crippen molar-refractivity contribution in [3.63, 3.8) is 0 Å². The van der Waals surface area contributed by atoms with Gasteiger partial charge in [-0.3, -0.25) is 0 Å². The third-order valence-electron chi connectivity index (χ3n) is 25.9. The first-order valence-corrected chi connectivity index (χ1v) is 43.2. The van der Waals surface area contributed by atoms with Crippen LogP contribution in [0.2, 0.25) is 0 Å². The number of nitrogens with zero attached hydrogens (tertiary/aromatic N) is 6. The Hall–Kier alpha value is -16.8.